The van der Waals surface area contributed by atoms with Crippen LogP contribution in [-0.4, -0.2) is 24.3 Å². The lowest BCUT2D eigenvalue weighted by Gasteiger charge is -2.19. The van der Waals surface area contributed by atoms with Crippen LogP contribution in [-0.2, 0) is 16.2 Å². The highest BCUT2D eigenvalue weighted by molar-refractivity contribution is 5.66. The first-order chi connectivity index (χ1) is 8.79. The molecular formula is C14H19NO3. The van der Waals surface area contributed by atoms with Crippen LogP contribution in [0.15, 0.2) is 30.3 Å². The Kier molecular flexibility index (Phi) is 4.59. The molecule has 0 saturated heterocycles. The summed E-state index contributed by atoms with van der Waals surface area (Å²) in [4.78, 5) is 17.2. The van der Waals surface area contributed by atoms with Crippen molar-refractivity contribution in [2.24, 2.45) is 5.92 Å². The monoisotopic (exact) mass is 249 g/mol. The molecule has 1 amide bonds. The maximum atomic E-state index is 11.8. The third kappa shape index (κ3) is 4.04. The van der Waals surface area contributed by atoms with E-state index in [4.69, 9.17) is 9.57 Å². The third-order valence-corrected chi connectivity index (χ3v) is 2.86. The van der Waals surface area contributed by atoms with Crippen molar-refractivity contribution in [2.75, 3.05) is 13.2 Å². The summed E-state index contributed by atoms with van der Waals surface area (Å²) in [6.45, 7) is 3.27. The van der Waals surface area contributed by atoms with Gasteiger partial charge >= 0.3 is 6.09 Å². The second-order valence-corrected chi connectivity index (χ2v) is 4.47. The molecule has 0 N–H and O–H groups in total. The molecule has 4 heteroatoms. The van der Waals surface area contributed by atoms with Crippen LogP contribution in [0.4, 0.5) is 4.79 Å². The second-order valence-electron chi connectivity index (χ2n) is 4.47. The number of amides is 1. The van der Waals surface area contributed by atoms with Gasteiger partial charge in [0.15, 0.2) is 0 Å². The molecule has 1 aliphatic carbocycles. The van der Waals surface area contributed by atoms with Crippen LogP contribution in [0, 0.1) is 5.92 Å². The van der Waals surface area contributed by atoms with Crippen molar-refractivity contribution < 1.29 is 14.4 Å². The Bertz CT molecular complexity index is 376. The summed E-state index contributed by atoms with van der Waals surface area (Å²) in [7, 11) is 0. The summed E-state index contributed by atoms with van der Waals surface area (Å²) in [5, 5.41) is 1.29. The van der Waals surface area contributed by atoms with Gasteiger partial charge in [0, 0.05) is 6.54 Å². The Morgan fingerprint density at radius 1 is 1.33 bits per heavy atom. The molecule has 1 aromatic rings. The van der Waals surface area contributed by atoms with Gasteiger partial charge < -0.3 is 4.74 Å². The van der Waals surface area contributed by atoms with Crippen molar-refractivity contribution in [2.45, 2.75) is 26.4 Å². The first-order valence-corrected chi connectivity index (χ1v) is 6.40. The zero-order valence-corrected chi connectivity index (χ0v) is 10.7. The maximum absolute atomic E-state index is 11.8. The van der Waals surface area contributed by atoms with E-state index in [0.717, 1.165) is 5.56 Å². The Labute approximate surface area is 107 Å². The van der Waals surface area contributed by atoms with Crippen molar-refractivity contribution in [3.05, 3.63) is 35.9 Å². The lowest BCUT2D eigenvalue weighted by Crippen LogP contribution is -2.32. The summed E-state index contributed by atoms with van der Waals surface area (Å²) in [6, 6.07) is 9.63. The first kappa shape index (κ1) is 12.9. The van der Waals surface area contributed by atoms with Gasteiger partial charge in [-0.1, -0.05) is 30.3 Å². The van der Waals surface area contributed by atoms with Crippen LogP contribution >= 0.6 is 0 Å². The standard InChI is InChI=1S/C14H19NO3/c1-2-15(18-11-13-8-9-13)14(16)17-10-12-6-4-3-5-7-12/h3-7,13H,2,8-11H2,1H3. The van der Waals surface area contributed by atoms with Crippen LogP contribution in [0.1, 0.15) is 25.3 Å². The van der Waals surface area contributed by atoms with Gasteiger partial charge in [-0.2, -0.15) is 5.06 Å². The number of hydroxylamine groups is 2. The van der Waals surface area contributed by atoms with Crippen molar-refractivity contribution in [1.29, 1.82) is 0 Å². The van der Waals surface area contributed by atoms with Gasteiger partial charge in [-0.05, 0) is 31.2 Å². The number of rotatable bonds is 6. The first-order valence-electron chi connectivity index (χ1n) is 6.40. The van der Waals surface area contributed by atoms with Crippen LogP contribution in [0.5, 0.6) is 0 Å². The highest BCUT2D eigenvalue weighted by Crippen LogP contribution is 2.29. The van der Waals surface area contributed by atoms with Gasteiger partial charge in [0.1, 0.15) is 6.61 Å². The van der Waals surface area contributed by atoms with Crippen molar-refractivity contribution in [1.82, 2.24) is 5.06 Å². The number of benzene rings is 1. The van der Waals surface area contributed by atoms with E-state index in [9.17, 15) is 4.79 Å². The molecule has 18 heavy (non-hydrogen) atoms. The molecule has 98 valence electrons. The minimum atomic E-state index is -0.415. The normalized spacial score (nSPS) is 14.3. The molecule has 0 spiro atoms. The Hall–Kier alpha value is -1.55. The van der Waals surface area contributed by atoms with Crippen LogP contribution in [0.2, 0.25) is 0 Å². The van der Waals surface area contributed by atoms with E-state index in [1.807, 2.05) is 37.3 Å². The smallest absolute Gasteiger partial charge is 0.434 e. The molecule has 0 bridgehead atoms. The summed E-state index contributed by atoms with van der Waals surface area (Å²) in [5.74, 6) is 0.626. The Morgan fingerprint density at radius 2 is 2.06 bits per heavy atom. The zero-order valence-electron chi connectivity index (χ0n) is 10.7. The van der Waals surface area contributed by atoms with E-state index >= 15 is 0 Å². The molecule has 0 atom stereocenters. The minimum Gasteiger partial charge on any atom is -0.443 e. The fraction of sp³-hybridized carbons (Fsp3) is 0.500. The fourth-order valence-electron chi connectivity index (χ4n) is 1.54. The van der Waals surface area contributed by atoms with E-state index in [-0.39, 0.29) is 6.61 Å². The summed E-state index contributed by atoms with van der Waals surface area (Å²) in [5.41, 5.74) is 0.976. The maximum Gasteiger partial charge on any atom is 0.434 e. The molecule has 0 aliphatic heterocycles. The molecule has 0 heterocycles. The Balaban J connectivity index is 1.74. The summed E-state index contributed by atoms with van der Waals surface area (Å²) in [6.07, 6.45) is 2.00. The number of hydrogen-bond donors (Lipinski definition) is 0. The quantitative estimate of drug-likeness (QED) is 0.727. The van der Waals surface area contributed by atoms with Gasteiger partial charge in [0.2, 0.25) is 0 Å². The van der Waals surface area contributed by atoms with E-state index in [0.29, 0.717) is 19.1 Å². The van der Waals surface area contributed by atoms with Gasteiger partial charge in [-0.15, -0.1) is 0 Å². The minimum absolute atomic E-state index is 0.281. The lowest BCUT2D eigenvalue weighted by molar-refractivity contribution is -0.138. The molecule has 1 aliphatic rings. The SMILES string of the molecule is CCN(OCC1CC1)C(=O)OCc1ccccc1. The van der Waals surface area contributed by atoms with Gasteiger partial charge in [0.05, 0.1) is 6.61 Å². The van der Waals surface area contributed by atoms with Gasteiger partial charge in [-0.3, -0.25) is 4.84 Å². The largest absolute Gasteiger partial charge is 0.443 e. The molecule has 1 fully saturated rings. The van der Waals surface area contributed by atoms with Crippen LogP contribution in [0.25, 0.3) is 0 Å². The van der Waals surface area contributed by atoms with Crippen molar-refractivity contribution in [3.63, 3.8) is 0 Å². The highest BCUT2D eigenvalue weighted by atomic mass is 16.7. The number of carbonyl (C=O) groups is 1. The highest BCUT2D eigenvalue weighted by Gasteiger charge is 2.24. The van der Waals surface area contributed by atoms with E-state index in [1.54, 1.807) is 0 Å². The number of carbonyl (C=O) groups excluding carboxylic acids is 1. The zero-order chi connectivity index (χ0) is 12.8. The van der Waals surface area contributed by atoms with Crippen LogP contribution < -0.4 is 0 Å². The van der Waals surface area contributed by atoms with Gasteiger partial charge in [0.25, 0.3) is 0 Å². The predicted molar refractivity (Wildman–Crippen MR) is 67.7 cm³/mol. The summed E-state index contributed by atoms with van der Waals surface area (Å²) < 4.78 is 5.20. The molecular weight excluding hydrogens is 230 g/mol. The average Bonchev–Trinajstić information content (AvgIpc) is 3.22. The number of hydrogen-bond acceptors (Lipinski definition) is 3. The fourth-order valence-corrected chi connectivity index (χ4v) is 1.54. The summed E-state index contributed by atoms with van der Waals surface area (Å²) >= 11 is 0. The second kappa shape index (κ2) is 6.40. The lowest BCUT2D eigenvalue weighted by atomic mass is 10.2. The molecule has 1 aromatic carbocycles. The van der Waals surface area contributed by atoms with Crippen molar-refractivity contribution >= 4 is 6.09 Å². The van der Waals surface area contributed by atoms with Crippen molar-refractivity contribution in [3.8, 4) is 0 Å². The molecule has 1 saturated carbocycles. The molecule has 0 radical (unpaired) electrons. The van der Waals surface area contributed by atoms with Crippen LogP contribution in [0.3, 0.4) is 0 Å². The van der Waals surface area contributed by atoms with Gasteiger partial charge in [-0.25, -0.2) is 4.79 Å². The third-order valence-electron chi connectivity index (χ3n) is 2.86. The molecule has 2 rings (SSSR count). The number of ether oxygens (including phenoxy) is 1. The Morgan fingerprint density at radius 3 is 2.67 bits per heavy atom. The van der Waals surface area contributed by atoms with E-state index < -0.39 is 6.09 Å². The topological polar surface area (TPSA) is 38.8 Å². The number of nitrogens with zero attached hydrogens (tertiary/aromatic N) is 1. The van der Waals surface area contributed by atoms with E-state index in [1.165, 1.54) is 17.9 Å². The average molecular weight is 249 g/mol. The molecule has 4 nitrogen and oxygen atoms in total. The predicted octanol–water partition coefficient (Wildman–Crippen LogP) is 2.99. The van der Waals surface area contributed by atoms with E-state index in [2.05, 4.69) is 0 Å². The molecule has 0 aromatic heterocycles. The molecule has 0 unspecified atom stereocenters.